The summed E-state index contributed by atoms with van der Waals surface area (Å²) in [4.78, 5) is 4.03. The zero-order valence-electron chi connectivity index (χ0n) is 8.37. The van der Waals surface area contributed by atoms with E-state index in [1.807, 2.05) is 6.92 Å². The van der Waals surface area contributed by atoms with E-state index < -0.39 is 11.6 Å². The average Bonchev–Trinajstić information content (AvgIpc) is 2.24. The van der Waals surface area contributed by atoms with Gasteiger partial charge in [-0.3, -0.25) is 4.99 Å². The lowest BCUT2D eigenvalue weighted by Gasteiger charge is -2.00. The fourth-order valence-corrected chi connectivity index (χ4v) is 1.06. The Kier molecular flexibility index (Phi) is 3.92. The number of allylic oxidation sites excluding steroid dienone is 2. The second-order valence-electron chi connectivity index (χ2n) is 2.83. The highest BCUT2D eigenvalue weighted by Gasteiger charge is 2.04. The number of nitrogens with zero attached hydrogens (tertiary/aromatic N) is 1. The van der Waals surface area contributed by atoms with Crippen LogP contribution in [0.25, 0.3) is 0 Å². The molecule has 0 heterocycles. The van der Waals surface area contributed by atoms with Crippen molar-refractivity contribution in [3.8, 4) is 0 Å². The zero-order valence-corrected chi connectivity index (χ0v) is 8.37. The van der Waals surface area contributed by atoms with Crippen LogP contribution in [-0.2, 0) is 0 Å². The van der Waals surface area contributed by atoms with Gasteiger partial charge in [0, 0.05) is 11.8 Å². The molecule has 3 heteroatoms. The molecule has 0 atom stereocenters. The molecule has 0 aromatic heterocycles. The van der Waals surface area contributed by atoms with Crippen molar-refractivity contribution in [2.24, 2.45) is 4.99 Å². The zero-order chi connectivity index (χ0) is 11.3. The van der Waals surface area contributed by atoms with Crippen LogP contribution in [0.3, 0.4) is 0 Å². The van der Waals surface area contributed by atoms with Gasteiger partial charge < -0.3 is 0 Å². The topological polar surface area (TPSA) is 12.4 Å². The van der Waals surface area contributed by atoms with Crippen molar-refractivity contribution >= 4 is 5.71 Å². The predicted molar refractivity (Wildman–Crippen MR) is 57.9 cm³/mol. The molecule has 1 aromatic carbocycles. The first-order valence-corrected chi connectivity index (χ1v) is 4.46. The lowest BCUT2D eigenvalue weighted by Crippen LogP contribution is -1.97. The molecule has 0 aliphatic heterocycles. The van der Waals surface area contributed by atoms with Crippen molar-refractivity contribution in [3.05, 3.63) is 60.3 Å². The predicted octanol–water partition coefficient (Wildman–Crippen LogP) is 3.47. The molecule has 1 rings (SSSR count). The van der Waals surface area contributed by atoms with Crippen molar-refractivity contribution in [1.29, 1.82) is 0 Å². The van der Waals surface area contributed by atoms with Gasteiger partial charge in [0.1, 0.15) is 0 Å². The molecule has 0 fully saturated rings. The molecule has 15 heavy (non-hydrogen) atoms. The fraction of sp³-hybridized carbons (Fsp3) is 0.0833. The lowest BCUT2D eigenvalue weighted by molar-refractivity contribution is 0.508. The molecule has 0 aliphatic carbocycles. The minimum atomic E-state index is -0.887. The molecular formula is C12H11F2N. The number of hydrogen-bond donors (Lipinski definition) is 0. The summed E-state index contributed by atoms with van der Waals surface area (Å²) < 4.78 is 25.6. The fourth-order valence-electron chi connectivity index (χ4n) is 1.06. The van der Waals surface area contributed by atoms with E-state index in [0.717, 1.165) is 12.1 Å². The van der Waals surface area contributed by atoms with Gasteiger partial charge in [-0.05, 0) is 31.2 Å². The summed E-state index contributed by atoms with van der Waals surface area (Å²) in [7, 11) is 0. The van der Waals surface area contributed by atoms with E-state index in [1.165, 1.54) is 12.1 Å². The molecule has 0 saturated heterocycles. The summed E-state index contributed by atoms with van der Waals surface area (Å²) in [6.45, 7) is 5.38. The molecule has 0 radical (unpaired) electrons. The van der Waals surface area contributed by atoms with Crippen LogP contribution in [0, 0.1) is 11.6 Å². The van der Waals surface area contributed by atoms with Crippen LogP contribution in [0.2, 0.25) is 0 Å². The Labute approximate surface area is 87.5 Å². The maximum atomic E-state index is 12.9. The van der Waals surface area contributed by atoms with Gasteiger partial charge in [0.25, 0.3) is 0 Å². The highest BCUT2D eigenvalue weighted by atomic mass is 19.2. The van der Waals surface area contributed by atoms with Crippen LogP contribution < -0.4 is 0 Å². The molecule has 1 aromatic rings. The molecule has 1 nitrogen and oxygen atoms in total. The first-order valence-electron chi connectivity index (χ1n) is 4.46. The number of aliphatic imine (C=N–C) groups is 1. The van der Waals surface area contributed by atoms with Crippen molar-refractivity contribution in [1.82, 2.24) is 0 Å². The van der Waals surface area contributed by atoms with Crippen LogP contribution in [0.1, 0.15) is 12.5 Å². The first-order chi connectivity index (χ1) is 7.19. The van der Waals surface area contributed by atoms with Crippen LogP contribution in [-0.4, -0.2) is 5.71 Å². The van der Waals surface area contributed by atoms with Crippen molar-refractivity contribution in [2.75, 3.05) is 0 Å². The number of rotatable bonds is 3. The van der Waals surface area contributed by atoms with Crippen LogP contribution in [0.4, 0.5) is 8.78 Å². The van der Waals surface area contributed by atoms with E-state index in [9.17, 15) is 8.78 Å². The number of benzene rings is 1. The minimum Gasteiger partial charge on any atom is -0.257 e. The van der Waals surface area contributed by atoms with Crippen LogP contribution >= 0.6 is 0 Å². The van der Waals surface area contributed by atoms with E-state index in [0.29, 0.717) is 11.3 Å². The third-order valence-corrected chi connectivity index (χ3v) is 1.77. The number of hydrogen-bond acceptors (Lipinski definition) is 1. The monoisotopic (exact) mass is 207 g/mol. The Morgan fingerprint density at radius 1 is 1.33 bits per heavy atom. The highest BCUT2D eigenvalue weighted by Crippen LogP contribution is 2.10. The van der Waals surface area contributed by atoms with Crippen molar-refractivity contribution in [3.63, 3.8) is 0 Å². The normalized spacial score (nSPS) is 12.1. The SMILES string of the molecule is C=CC(=N/C=C\C)c1ccc(F)c(F)c1. The molecule has 0 amide bonds. The van der Waals surface area contributed by atoms with Crippen molar-refractivity contribution < 1.29 is 8.78 Å². The smallest absolute Gasteiger partial charge is 0.159 e. The Morgan fingerprint density at radius 3 is 2.60 bits per heavy atom. The van der Waals surface area contributed by atoms with E-state index >= 15 is 0 Å². The molecule has 0 spiro atoms. The lowest BCUT2D eigenvalue weighted by atomic mass is 10.1. The largest absolute Gasteiger partial charge is 0.257 e. The Balaban J connectivity index is 3.13. The number of halogens is 2. The summed E-state index contributed by atoms with van der Waals surface area (Å²) in [5, 5.41) is 0. The molecule has 0 N–H and O–H groups in total. The highest BCUT2D eigenvalue weighted by molar-refractivity contribution is 6.08. The van der Waals surface area contributed by atoms with E-state index in [-0.39, 0.29) is 0 Å². The maximum absolute atomic E-state index is 12.9. The summed E-state index contributed by atoms with van der Waals surface area (Å²) in [6.07, 6.45) is 4.80. The van der Waals surface area contributed by atoms with Crippen molar-refractivity contribution in [2.45, 2.75) is 6.92 Å². The van der Waals surface area contributed by atoms with Gasteiger partial charge in [0.15, 0.2) is 11.6 Å². The Morgan fingerprint density at radius 2 is 2.07 bits per heavy atom. The van der Waals surface area contributed by atoms with Gasteiger partial charge in [0.2, 0.25) is 0 Å². The standard InChI is InChI=1S/C12H11F2N/c1-3-7-15-12(4-2)9-5-6-10(13)11(14)8-9/h3-8H,2H2,1H3/b7-3-,15-12?. The minimum absolute atomic E-state index is 0.502. The average molecular weight is 207 g/mol. The summed E-state index contributed by atoms with van der Waals surface area (Å²) >= 11 is 0. The quantitative estimate of drug-likeness (QED) is 0.673. The third-order valence-electron chi connectivity index (χ3n) is 1.77. The van der Waals surface area contributed by atoms with Gasteiger partial charge >= 0.3 is 0 Å². The molecule has 0 aliphatic rings. The summed E-state index contributed by atoms with van der Waals surface area (Å²) in [5.74, 6) is -1.75. The van der Waals surface area contributed by atoms with Crippen LogP contribution in [0.5, 0.6) is 0 Å². The van der Waals surface area contributed by atoms with Gasteiger partial charge in [-0.25, -0.2) is 8.78 Å². The molecule has 78 valence electrons. The van der Waals surface area contributed by atoms with Gasteiger partial charge in [-0.2, -0.15) is 0 Å². The molecular weight excluding hydrogens is 196 g/mol. The molecule has 0 bridgehead atoms. The molecule has 0 unspecified atom stereocenters. The maximum Gasteiger partial charge on any atom is 0.159 e. The first kappa shape index (κ1) is 11.3. The van der Waals surface area contributed by atoms with E-state index in [1.54, 1.807) is 12.3 Å². The summed E-state index contributed by atoms with van der Waals surface area (Å²) in [5.41, 5.74) is 1.01. The second-order valence-corrected chi connectivity index (χ2v) is 2.83. The Bertz CT molecular complexity index is 420. The third kappa shape index (κ3) is 2.84. The van der Waals surface area contributed by atoms with E-state index in [4.69, 9.17) is 0 Å². The van der Waals surface area contributed by atoms with Gasteiger partial charge in [-0.1, -0.05) is 12.7 Å². The second kappa shape index (κ2) is 5.20. The molecule has 0 saturated carbocycles. The summed E-state index contributed by atoms with van der Waals surface area (Å²) in [6, 6.07) is 3.63. The van der Waals surface area contributed by atoms with Gasteiger partial charge in [0.05, 0.1) is 5.71 Å². The van der Waals surface area contributed by atoms with Gasteiger partial charge in [-0.15, -0.1) is 0 Å². The Hall–Kier alpha value is -1.77. The van der Waals surface area contributed by atoms with E-state index in [2.05, 4.69) is 11.6 Å². The van der Waals surface area contributed by atoms with Crippen LogP contribution in [0.15, 0.2) is 48.1 Å².